The molecular formula is C23H31N3O3. The van der Waals surface area contributed by atoms with Crippen molar-refractivity contribution in [1.82, 2.24) is 15.2 Å². The van der Waals surface area contributed by atoms with E-state index in [2.05, 4.69) is 29.0 Å². The summed E-state index contributed by atoms with van der Waals surface area (Å²) in [6, 6.07) is 7.77. The monoisotopic (exact) mass is 397 g/mol. The van der Waals surface area contributed by atoms with Gasteiger partial charge in [0.1, 0.15) is 18.1 Å². The van der Waals surface area contributed by atoms with Crippen molar-refractivity contribution in [2.45, 2.75) is 46.6 Å². The number of rotatable bonds is 9. The maximum atomic E-state index is 12.8. The summed E-state index contributed by atoms with van der Waals surface area (Å²) in [5.41, 5.74) is 3.78. The molecule has 0 atom stereocenters. The number of Topliss-reactive ketones (excluding diaryl/α,β-unsaturated/α-hetero) is 1. The first-order chi connectivity index (χ1) is 14.0. The lowest BCUT2D eigenvalue weighted by atomic mass is 9.94. The number of carbonyl (C=O) groups excluding carboxylic acids is 2. The minimum Gasteiger partial charge on any atom is -0.492 e. The van der Waals surface area contributed by atoms with Crippen molar-refractivity contribution < 1.29 is 14.3 Å². The molecule has 0 saturated heterocycles. The summed E-state index contributed by atoms with van der Waals surface area (Å²) >= 11 is 0. The molecule has 1 aliphatic rings. The fourth-order valence-electron chi connectivity index (χ4n) is 3.88. The van der Waals surface area contributed by atoms with Crippen molar-refractivity contribution in [3.63, 3.8) is 0 Å². The Morgan fingerprint density at radius 2 is 1.97 bits per heavy atom. The molecule has 0 saturated carbocycles. The highest BCUT2D eigenvalue weighted by atomic mass is 16.5. The largest absolute Gasteiger partial charge is 0.492 e. The molecule has 0 radical (unpaired) electrons. The zero-order valence-corrected chi connectivity index (χ0v) is 17.6. The fraction of sp³-hybridized carbons (Fsp3) is 0.478. The molecule has 0 fully saturated rings. The highest BCUT2D eigenvalue weighted by Gasteiger charge is 2.26. The third kappa shape index (κ3) is 4.88. The van der Waals surface area contributed by atoms with Crippen LogP contribution in [0.3, 0.4) is 0 Å². The smallest absolute Gasteiger partial charge is 0.268 e. The van der Waals surface area contributed by atoms with Crippen LogP contribution in [-0.4, -0.2) is 47.8 Å². The third-order valence-electron chi connectivity index (χ3n) is 5.64. The molecule has 1 aromatic carbocycles. The minimum absolute atomic E-state index is 0.131. The maximum absolute atomic E-state index is 12.8. The van der Waals surface area contributed by atoms with Crippen molar-refractivity contribution in [2.75, 3.05) is 26.2 Å². The van der Waals surface area contributed by atoms with Gasteiger partial charge in [0.05, 0.1) is 0 Å². The van der Waals surface area contributed by atoms with Gasteiger partial charge in [0.15, 0.2) is 5.78 Å². The van der Waals surface area contributed by atoms with Crippen LogP contribution in [-0.2, 0) is 13.0 Å². The predicted molar refractivity (Wildman–Crippen MR) is 114 cm³/mol. The quantitative estimate of drug-likeness (QED) is 0.679. The zero-order chi connectivity index (χ0) is 20.8. The number of ether oxygens (including phenoxy) is 1. The molecule has 0 unspecified atom stereocenters. The van der Waals surface area contributed by atoms with Gasteiger partial charge in [-0.15, -0.1) is 0 Å². The Labute approximate surface area is 172 Å². The lowest BCUT2D eigenvalue weighted by molar-refractivity contribution is 0.0944. The highest BCUT2D eigenvalue weighted by Crippen LogP contribution is 2.26. The number of hydrogen-bond donors (Lipinski definition) is 2. The SMILES string of the molecule is CCN(CC)CCOc1ccccc1CNC(=O)c1[nH]c2c(c1C)C(=O)CCC2. The van der Waals surface area contributed by atoms with Crippen molar-refractivity contribution in [2.24, 2.45) is 0 Å². The number of nitrogens with zero attached hydrogens (tertiary/aromatic N) is 1. The standard InChI is InChI=1S/C23H31N3O3/c1-4-26(5-2)13-14-29-20-12-7-6-9-17(20)15-24-23(28)22-16(3)21-18(25-22)10-8-11-19(21)27/h6-7,9,12,25H,4-5,8,10-11,13-15H2,1-3H3,(H,24,28). The number of fused-ring (bicyclic) bond motifs is 1. The Hall–Kier alpha value is -2.60. The summed E-state index contributed by atoms with van der Waals surface area (Å²) in [5.74, 6) is 0.728. The van der Waals surface area contributed by atoms with E-state index in [4.69, 9.17) is 4.74 Å². The van der Waals surface area contributed by atoms with E-state index in [9.17, 15) is 9.59 Å². The van der Waals surface area contributed by atoms with Crippen molar-refractivity contribution in [3.8, 4) is 5.75 Å². The lowest BCUT2D eigenvalue weighted by Gasteiger charge is -2.19. The minimum atomic E-state index is -0.192. The molecule has 0 bridgehead atoms. The Balaban J connectivity index is 1.63. The number of benzene rings is 1. The molecule has 1 amide bonds. The second kappa shape index (κ2) is 9.74. The molecule has 6 heteroatoms. The molecule has 0 spiro atoms. The summed E-state index contributed by atoms with van der Waals surface area (Å²) < 4.78 is 5.97. The van der Waals surface area contributed by atoms with Gasteiger partial charge < -0.3 is 19.9 Å². The zero-order valence-electron chi connectivity index (χ0n) is 17.6. The number of ketones is 1. The van der Waals surface area contributed by atoms with Gasteiger partial charge in [-0.25, -0.2) is 0 Å². The first kappa shape index (κ1) is 21.1. The second-order valence-corrected chi connectivity index (χ2v) is 7.42. The molecule has 2 N–H and O–H groups in total. The molecule has 1 heterocycles. The number of amides is 1. The van der Waals surface area contributed by atoms with Crippen LogP contribution in [0.15, 0.2) is 24.3 Å². The van der Waals surface area contributed by atoms with E-state index in [1.165, 1.54) is 0 Å². The number of aryl methyl sites for hydroxylation is 1. The van der Waals surface area contributed by atoms with Crippen LogP contribution < -0.4 is 10.1 Å². The Morgan fingerprint density at radius 1 is 1.21 bits per heavy atom. The number of likely N-dealkylation sites (N-methyl/N-ethyl adjacent to an activating group) is 1. The summed E-state index contributed by atoms with van der Waals surface area (Å²) in [7, 11) is 0. The highest BCUT2D eigenvalue weighted by molar-refractivity contribution is 6.04. The van der Waals surface area contributed by atoms with Crippen LogP contribution >= 0.6 is 0 Å². The summed E-state index contributed by atoms with van der Waals surface area (Å²) in [6.07, 6.45) is 2.22. The van der Waals surface area contributed by atoms with Gasteiger partial charge in [-0.05, 0) is 44.5 Å². The molecule has 0 aliphatic heterocycles. The van der Waals surface area contributed by atoms with Crippen molar-refractivity contribution in [3.05, 3.63) is 52.3 Å². The number of aromatic amines is 1. The topological polar surface area (TPSA) is 74.4 Å². The van der Waals surface area contributed by atoms with Gasteiger partial charge in [0, 0.05) is 36.3 Å². The summed E-state index contributed by atoms with van der Waals surface area (Å²) in [6.45, 7) is 9.97. The predicted octanol–water partition coefficient (Wildman–Crippen LogP) is 3.49. The molecule has 2 aromatic rings. The fourth-order valence-corrected chi connectivity index (χ4v) is 3.88. The van der Waals surface area contributed by atoms with Gasteiger partial charge in [0.25, 0.3) is 5.91 Å². The van der Waals surface area contributed by atoms with Crippen LogP contribution in [0.5, 0.6) is 5.75 Å². The molecule has 3 rings (SSSR count). The van der Waals surface area contributed by atoms with E-state index < -0.39 is 0 Å². The van der Waals surface area contributed by atoms with Gasteiger partial charge >= 0.3 is 0 Å². The molecule has 6 nitrogen and oxygen atoms in total. The normalized spacial score (nSPS) is 13.4. The van der Waals surface area contributed by atoms with Crippen LogP contribution in [0.4, 0.5) is 0 Å². The number of carbonyl (C=O) groups is 2. The lowest BCUT2D eigenvalue weighted by Crippen LogP contribution is -2.28. The average molecular weight is 398 g/mol. The van der Waals surface area contributed by atoms with E-state index in [-0.39, 0.29) is 11.7 Å². The van der Waals surface area contributed by atoms with Crippen molar-refractivity contribution >= 4 is 11.7 Å². The van der Waals surface area contributed by atoms with Gasteiger partial charge in [-0.3, -0.25) is 9.59 Å². The first-order valence-electron chi connectivity index (χ1n) is 10.5. The third-order valence-corrected chi connectivity index (χ3v) is 5.64. The first-order valence-corrected chi connectivity index (χ1v) is 10.5. The van der Waals surface area contributed by atoms with Crippen LogP contribution in [0.25, 0.3) is 0 Å². The number of aromatic nitrogens is 1. The van der Waals surface area contributed by atoms with Gasteiger partial charge in [-0.1, -0.05) is 32.0 Å². The van der Waals surface area contributed by atoms with E-state index >= 15 is 0 Å². The molecule has 29 heavy (non-hydrogen) atoms. The van der Waals surface area contributed by atoms with E-state index in [0.29, 0.717) is 30.8 Å². The second-order valence-electron chi connectivity index (χ2n) is 7.42. The Kier molecular flexibility index (Phi) is 7.09. The summed E-state index contributed by atoms with van der Waals surface area (Å²) in [5, 5.41) is 2.97. The van der Waals surface area contributed by atoms with Crippen LogP contribution in [0, 0.1) is 6.92 Å². The number of hydrogen-bond acceptors (Lipinski definition) is 4. The summed E-state index contributed by atoms with van der Waals surface area (Å²) in [4.78, 5) is 30.4. The number of nitrogens with one attached hydrogen (secondary N) is 2. The Morgan fingerprint density at radius 3 is 2.69 bits per heavy atom. The van der Waals surface area contributed by atoms with Crippen LogP contribution in [0.2, 0.25) is 0 Å². The average Bonchev–Trinajstić information content (AvgIpc) is 3.08. The van der Waals surface area contributed by atoms with Gasteiger partial charge in [0.2, 0.25) is 0 Å². The molecule has 156 valence electrons. The molecular weight excluding hydrogens is 366 g/mol. The van der Waals surface area contributed by atoms with Crippen molar-refractivity contribution in [1.29, 1.82) is 0 Å². The number of H-pyrrole nitrogens is 1. The molecule has 1 aliphatic carbocycles. The number of para-hydroxylation sites is 1. The molecule has 1 aromatic heterocycles. The van der Waals surface area contributed by atoms with Gasteiger partial charge in [-0.2, -0.15) is 0 Å². The van der Waals surface area contributed by atoms with E-state index in [1.807, 2.05) is 31.2 Å². The van der Waals surface area contributed by atoms with E-state index in [0.717, 1.165) is 55.0 Å². The van der Waals surface area contributed by atoms with E-state index in [1.54, 1.807) is 0 Å². The van der Waals surface area contributed by atoms with Crippen LogP contribution in [0.1, 0.15) is 64.4 Å². The Bertz CT molecular complexity index is 868. The maximum Gasteiger partial charge on any atom is 0.268 e.